The smallest absolute Gasteiger partial charge is 0.333 e. The molecule has 1 heterocycles. The molecule has 2 aromatic rings. The van der Waals surface area contributed by atoms with Gasteiger partial charge in [0.25, 0.3) is 0 Å². The predicted molar refractivity (Wildman–Crippen MR) is 92.7 cm³/mol. The summed E-state index contributed by atoms with van der Waals surface area (Å²) in [6, 6.07) is 12.7. The molecule has 2 atom stereocenters. The highest BCUT2D eigenvalue weighted by Crippen LogP contribution is 2.37. The number of carbonyl (C=O) groups excluding carboxylic acids is 2. The monoisotopic (exact) mass is 326 g/mol. The number of ketones is 1. The molecule has 1 aromatic heterocycles. The Bertz CT molecular complexity index is 701. The Balaban J connectivity index is 2.44. The molecule has 0 radical (unpaired) electrons. The van der Waals surface area contributed by atoms with Gasteiger partial charge in [-0.2, -0.15) is 0 Å². The van der Waals surface area contributed by atoms with E-state index >= 15 is 0 Å². The van der Waals surface area contributed by atoms with Gasteiger partial charge >= 0.3 is 5.97 Å². The summed E-state index contributed by atoms with van der Waals surface area (Å²) in [5.41, 5.74) is 0.834. The van der Waals surface area contributed by atoms with Crippen LogP contribution in [0.3, 0.4) is 0 Å². The van der Waals surface area contributed by atoms with E-state index < -0.39 is 17.8 Å². The summed E-state index contributed by atoms with van der Waals surface area (Å²) in [7, 11) is 1.31. The minimum Gasteiger partial charge on any atom is -0.466 e. The minimum absolute atomic E-state index is 0.0935. The van der Waals surface area contributed by atoms with Crippen molar-refractivity contribution in [1.29, 1.82) is 0 Å². The fraction of sp³-hybridized carbons (Fsp3) is 0.158. The highest BCUT2D eigenvalue weighted by molar-refractivity contribution is 7.10. The maximum Gasteiger partial charge on any atom is 0.333 e. The van der Waals surface area contributed by atoms with Gasteiger partial charge in [-0.05, 0) is 11.4 Å². The molecule has 2 rings (SSSR count). The van der Waals surface area contributed by atoms with Crippen molar-refractivity contribution in [3.05, 3.63) is 83.1 Å². The van der Waals surface area contributed by atoms with Crippen LogP contribution in [0.2, 0.25) is 0 Å². The van der Waals surface area contributed by atoms with Crippen molar-refractivity contribution < 1.29 is 14.3 Å². The van der Waals surface area contributed by atoms with E-state index in [-0.39, 0.29) is 11.4 Å². The Hall–Kier alpha value is -2.46. The fourth-order valence-electron chi connectivity index (χ4n) is 2.48. The highest BCUT2D eigenvalue weighted by atomic mass is 32.1. The van der Waals surface area contributed by atoms with Crippen LogP contribution in [-0.2, 0) is 9.53 Å². The van der Waals surface area contributed by atoms with Gasteiger partial charge in [-0.3, -0.25) is 4.79 Å². The molecule has 0 saturated heterocycles. The maximum absolute atomic E-state index is 12.9. The molecule has 1 aromatic carbocycles. The molecular weight excluding hydrogens is 308 g/mol. The molecule has 23 heavy (non-hydrogen) atoms. The van der Waals surface area contributed by atoms with E-state index in [1.165, 1.54) is 18.4 Å². The molecule has 0 aliphatic rings. The van der Waals surface area contributed by atoms with Crippen LogP contribution in [0.1, 0.15) is 21.2 Å². The van der Waals surface area contributed by atoms with Crippen LogP contribution < -0.4 is 0 Å². The number of carbonyl (C=O) groups is 2. The largest absolute Gasteiger partial charge is 0.466 e. The molecule has 4 heteroatoms. The van der Waals surface area contributed by atoms with E-state index in [1.54, 1.807) is 18.2 Å². The second-order valence-electron chi connectivity index (χ2n) is 5.00. The Labute approximate surface area is 139 Å². The second-order valence-corrected chi connectivity index (χ2v) is 5.98. The van der Waals surface area contributed by atoms with Gasteiger partial charge in [-0.1, -0.05) is 49.1 Å². The minimum atomic E-state index is -0.581. The first kappa shape index (κ1) is 16.9. The van der Waals surface area contributed by atoms with Gasteiger partial charge in [0, 0.05) is 21.9 Å². The molecule has 0 saturated carbocycles. The number of hydrogen-bond donors (Lipinski definition) is 0. The number of allylic oxidation sites excluding steroid dienone is 1. The number of hydrogen-bond acceptors (Lipinski definition) is 4. The lowest BCUT2D eigenvalue weighted by molar-refractivity contribution is -0.136. The lowest BCUT2D eigenvalue weighted by Gasteiger charge is -2.23. The van der Waals surface area contributed by atoms with Gasteiger partial charge in [0.15, 0.2) is 5.78 Å². The van der Waals surface area contributed by atoms with Gasteiger partial charge in [0.2, 0.25) is 0 Å². The molecule has 118 valence electrons. The van der Waals surface area contributed by atoms with Crippen LogP contribution >= 0.6 is 11.3 Å². The Kier molecular flexibility index (Phi) is 5.66. The maximum atomic E-state index is 12.9. The number of rotatable bonds is 7. The number of thiophene rings is 1. The van der Waals surface area contributed by atoms with E-state index in [4.69, 9.17) is 4.74 Å². The summed E-state index contributed by atoms with van der Waals surface area (Å²) in [5, 5.41) is 1.90. The van der Waals surface area contributed by atoms with E-state index in [9.17, 15) is 9.59 Å². The fourth-order valence-corrected chi connectivity index (χ4v) is 3.39. The third kappa shape index (κ3) is 3.66. The molecule has 0 aliphatic heterocycles. The van der Waals surface area contributed by atoms with Crippen LogP contribution in [0.4, 0.5) is 0 Å². The lowest BCUT2D eigenvalue weighted by atomic mass is 9.80. The standard InChI is InChI=1S/C19H18O3S/c1-4-15(18(20)14-9-6-5-7-10-14)17(13(2)19(21)22-3)16-11-8-12-23-16/h4-12,15,17H,1-2H2,3H3. The van der Waals surface area contributed by atoms with Crippen molar-refractivity contribution in [3.8, 4) is 0 Å². The van der Waals surface area contributed by atoms with E-state index in [2.05, 4.69) is 13.2 Å². The van der Waals surface area contributed by atoms with Crippen molar-refractivity contribution in [2.75, 3.05) is 7.11 Å². The van der Waals surface area contributed by atoms with Gasteiger partial charge in [-0.15, -0.1) is 17.9 Å². The summed E-state index contributed by atoms with van der Waals surface area (Å²) in [6.07, 6.45) is 1.58. The highest BCUT2D eigenvalue weighted by Gasteiger charge is 2.33. The zero-order valence-corrected chi connectivity index (χ0v) is 13.7. The Morgan fingerprint density at radius 2 is 1.87 bits per heavy atom. The summed E-state index contributed by atoms with van der Waals surface area (Å²) in [6.45, 7) is 7.66. The molecule has 3 nitrogen and oxygen atoms in total. The van der Waals surface area contributed by atoms with Crippen molar-refractivity contribution in [1.82, 2.24) is 0 Å². The van der Waals surface area contributed by atoms with Gasteiger partial charge in [-0.25, -0.2) is 4.79 Å². The SMILES string of the molecule is C=CC(C(=O)c1ccccc1)C(C(=C)C(=O)OC)c1cccs1. The zero-order chi connectivity index (χ0) is 16.8. The van der Waals surface area contributed by atoms with Crippen molar-refractivity contribution in [2.45, 2.75) is 5.92 Å². The number of esters is 1. The molecule has 0 amide bonds. The summed E-state index contributed by atoms with van der Waals surface area (Å²) < 4.78 is 4.79. The second kappa shape index (κ2) is 7.70. The summed E-state index contributed by atoms with van der Waals surface area (Å²) in [5.74, 6) is -1.67. The van der Waals surface area contributed by atoms with Crippen molar-refractivity contribution >= 4 is 23.1 Å². The van der Waals surface area contributed by atoms with E-state index in [1.807, 2.05) is 35.7 Å². The Morgan fingerprint density at radius 1 is 1.17 bits per heavy atom. The topological polar surface area (TPSA) is 43.4 Å². The van der Waals surface area contributed by atoms with Crippen LogP contribution in [0, 0.1) is 5.92 Å². The number of Topliss-reactive ketones (excluding diaryl/α,β-unsaturated/α-hetero) is 1. The zero-order valence-electron chi connectivity index (χ0n) is 12.9. The molecule has 0 bridgehead atoms. The molecule has 0 spiro atoms. The first-order chi connectivity index (χ1) is 11.1. The first-order valence-electron chi connectivity index (χ1n) is 7.12. The normalized spacial score (nSPS) is 12.9. The molecular formula is C19H18O3S. The van der Waals surface area contributed by atoms with E-state index in [0.717, 1.165) is 4.88 Å². The first-order valence-corrected chi connectivity index (χ1v) is 8.00. The third-order valence-electron chi connectivity index (χ3n) is 3.65. The van der Waals surface area contributed by atoms with Gasteiger partial charge in [0.05, 0.1) is 13.0 Å². The molecule has 0 fully saturated rings. The van der Waals surface area contributed by atoms with Crippen LogP contribution in [0.25, 0.3) is 0 Å². The molecule has 0 N–H and O–H groups in total. The van der Waals surface area contributed by atoms with Gasteiger partial charge < -0.3 is 4.74 Å². The lowest BCUT2D eigenvalue weighted by Crippen LogP contribution is -2.25. The average Bonchev–Trinajstić information content (AvgIpc) is 3.12. The van der Waals surface area contributed by atoms with Crippen LogP contribution in [0.5, 0.6) is 0 Å². The molecule has 2 unspecified atom stereocenters. The van der Waals surface area contributed by atoms with Crippen LogP contribution in [0.15, 0.2) is 72.7 Å². The van der Waals surface area contributed by atoms with Crippen LogP contribution in [-0.4, -0.2) is 18.9 Å². The number of benzene rings is 1. The summed E-state index contributed by atoms with van der Waals surface area (Å²) in [4.78, 5) is 25.7. The van der Waals surface area contributed by atoms with Crippen molar-refractivity contribution in [2.24, 2.45) is 5.92 Å². The quantitative estimate of drug-likeness (QED) is 0.331. The predicted octanol–water partition coefficient (Wildman–Crippen LogP) is 4.25. The van der Waals surface area contributed by atoms with Gasteiger partial charge in [0.1, 0.15) is 0 Å². The molecule has 0 aliphatic carbocycles. The van der Waals surface area contributed by atoms with Crippen molar-refractivity contribution in [3.63, 3.8) is 0 Å². The third-order valence-corrected chi connectivity index (χ3v) is 4.60. The van der Waals surface area contributed by atoms with E-state index in [0.29, 0.717) is 5.56 Å². The number of methoxy groups -OCH3 is 1. The number of ether oxygens (including phenoxy) is 1. The summed E-state index contributed by atoms with van der Waals surface area (Å²) >= 11 is 1.47. The average molecular weight is 326 g/mol. The Morgan fingerprint density at radius 3 is 2.39 bits per heavy atom.